The normalized spacial score (nSPS) is 24.7. The Morgan fingerprint density at radius 1 is 1.52 bits per heavy atom. The Kier molecular flexibility index (Phi) is 5.34. The Morgan fingerprint density at radius 2 is 2.29 bits per heavy atom. The van der Waals surface area contributed by atoms with Crippen LogP contribution in [0, 0.1) is 11.7 Å². The lowest BCUT2D eigenvalue weighted by Gasteiger charge is -2.41. The van der Waals surface area contributed by atoms with Crippen molar-refractivity contribution in [3.63, 3.8) is 0 Å². The fraction of sp³-hybridized carbons (Fsp3) is 0.588. The molecule has 1 heterocycles. The number of carboxylic acids is 1. The minimum absolute atomic E-state index is 0.0683. The second-order valence-corrected chi connectivity index (χ2v) is 6.08. The van der Waals surface area contributed by atoms with E-state index in [9.17, 15) is 14.3 Å². The summed E-state index contributed by atoms with van der Waals surface area (Å²) >= 11 is 0. The van der Waals surface area contributed by atoms with Gasteiger partial charge in [-0.3, -0.25) is 9.69 Å². The number of hydrogen-bond donors (Lipinski definition) is 1. The molecule has 1 aliphatic rings. The Labute approximate surface area is 125 Å². The van der Waals surface area contributed by atoms with E-state index in [1.165, 1.54) is 6.07 Å². The van der Waals surface area contributed by atoms with Gasteiger partial charge in [0.05, 0.1) is 5.92 Å². The molecule has 1 N–H and O–H groups in total. The molecule has 0 aliphatic carbocycles. The third-order valence-corrected chi connectivity index (χ3v) is 4.66. The van der Waals surface area contributed by atoms with E-state index < -0.39 is 5.97 Å². The summed E-state index contributed by atoms with van der Waals surface area (Å²) in [4.78, 5) is 13.6. The number of nitrogens with zero attached hydrogens (tertiary/aromatic N) is 1. The third kappa shape index (κ3) is 4.03. The summed E-state index contributed by atoms with van der Waals surface area (Å²) in [5.74, 6) is -1.16. The zero-order valence-corrected chi connectivity index (χ0v) is 12.8. The quantitative estimate of drug-likeness (QED) is 0.905. The molecule has 0 radical (unpaired) electrons. The zero-order chi connectivity index (χ0) is 15.4. The number of likely N-dealkylation sites (tertiary alicyclic amines) is 1. The van der Waals surface area contributed by atoms with Crippen LogP contribution in [0.5, 0.6) is 0 Å². The van der Waals surface area contributed by atoms with Crippen molar-refractivity contribution in [2.24, 2.45) is 5.92 Å². The van der Waals surface area contributed by atoms with Crippen LogP contribution >= 0.6 is 0 Å². The summed E-state index contributed by atoms with van der Waals surface area (Å²) in [6.07, 6.45) is 3.44. The molecular formula is C17H24FNO2. The topological polar surface area (TPSA) is 40.5 Å². The highest BCUT2D eigenvalue weighted by Crippen LogP contribution is 2.27. The van der Waals surface area contributed by atoms with E-state index in [0.29, 0.717) is 6.04 Å². The van der Waals surface area contributed by atoms with E-state index in [4.69, 9.17) is 0 Å². The van der Waals surface area contributed by atoms with Gasteiger partial charge in [-0.15, -0.1) is 0 Å². The molecule has 3 atom stereocenters. The summed E-state index contributed by atoms with van der Waals surface area (Å²) in [7, 11) is 0. The molecule has 0 spiro atoms. The summed E-state index contributed by atoms with van der Waals surface area (Å²) in [5, 5.41) is 9.28. The molecule has 0 bridgehead atoms. The number of carboxylic acid groups (broad SMARTS) is 1. The van der Waals surface area contributed by atoms with Crippen molar-refractivity contribution in [3.8, 4) is 0 Å². The molecule has 1 saturated heterocycles. The second kappa shape index (κ2) is 7.03. The molecule has 4 heteroatoms. The fourth-order valence-corrected chi connectivity index (χ4v) is 3.36. The van der Waals surface area contributed by atoms with Crippen LogP contribution in [0.1, 0.15) is 38.7 Å². The van der Waals surface area contributed by atoms with E-state index in [0.717, 1.165) is 37.8 Å². The lowest BCUT2D eigenvalue weighted by molar-refractivity contribution is -0.146. The Balaban J connectivity index is 1.93. The highest BCUT2D eigenvalue weighted by Gasteiger charge is 2.34. The fourth-order valence-electron chi connectivity index (χ4n) is 3.36. The maximum absolute atomic E-state index is 13.2. The van der Waals surface area contributed by atoms with E-state index in [2.05, 4.69) is 11.8 Å². The Hall–Kier alpha value is -1.42. The van der Waals surface area contributed by atoms with E-state index >= 15 is 0 Å². The minimum Gasteiger partial charge on any atom is -0.481 e. The molecule has 3 nitrogen and oxygen atoms in total. The largest absolute Gasteiger partial charge is 0.481 e. The maximum Gasteiger partial charge on any atom is 0.308 e. The van der Waals surface area contributed by atoms with Gasteiger partial charge in [-0.2, -0.15) is 0 Å². The second-order valence-electron chi connectivity index (χ2n) is 6.08. The van der Waals surface area contributed by atoms with Crippen LogP contribution < -0.4 is 0 Å². The van der Waals surface area contributed by atoms with Crippen molar-refractivity contribution in [1.82, 2.24) is 4.90 Å². The first-order valence-corrected chi connectivity index (χ1v) is 7.72. The standard InChI is InChI=1S/C17H24FNO2/c1-12(8-9-14-5-3-6-15(18)11-14)19-10-4-7-16(13(19)2)17(20)21/h3,5-6,11-13,16H,4,7-10H2,1-2H3,(H,20,21)/t12?,13-,16-/m0/s1. The summed E-state index contributed by atoms with van der Waals surface area (Å²) in [6, 6.07) is 7.09. The maximum atomic E-state index is 13.2. The molecule has 0 saturated carbocycles. The van der Waals surface area contributed by atoms with Gasteiger partial charge in [0, 0.05) is 12.1 Å². The molecule has 1 unspecified atom stereocenters. The Morgan fingerprint density at radius 3 is 2.95 bits per heavy atom. The smallest absolute Gasteiger partial charge is 0.308 e. The lowest BCUT2D eigenvalue weighted by Crippen LogP contribution is -2.50. The van der Waals surface area contributed by atoms with Crippen molar-refractivity contribution in [2.45, 2.75) is 51.6 Å². The summed E-state index contributed by atoms with van der Waals surface area (Å²) in [6.45, 7) is 5.10. The predicted molar refractivity (Wildman–Crippen MR) is 80.7 cm³/mol. The van der Waals surface area contributed by atoms with Gasteiger partial charge < -0.3 is 5.11 Å². The first-order valence-electron chi connectivity index (χ1n) is 7.72. The molecule has 0 aromatic heterocycles. The van der Waals surface area contributed by atoms with Crippen LogP contribution in [0.15, 0.2) is 24.3 Å². The first kappa shape index (κ1) is 16.0. The van der Waals surface area contributed by atoms with E-state index in [1.807, 2.05) is 13.0 Å². The van der Waals surface area contributed by atoms with Crippen molar-refractivity contribution in [3.05, 3.63) is 35.6 Å². The van der Waals surface area contributed by atoms with Gasteiger partial charge >= 0.3 is 5.97 Å². The van der Waals surface area contributed by atoms with Gasteiger partial charge in [-0.25, -0.2) is 4.39 Å². The van der Waals surface area contributed by atoms with Crippen LogP contribution in [-0.2, 0) is 11.2 Å². The van der Waals surface area contributed by atoms with Gasteiger partial charge in [0.15, 0.2) is 0 Å². The van der Waals surface area contributed by atoms with E-state index in [-0.39, 0.29) is 17.8 Å². The number of piperidine rings is 1. The van der Waals surface area contributed by atoms with Gasteiger partial charge in [0.2, 0.25) is 0 Å². The first-order chi connectivity index (χ1) is 9.99. The Bertz CT molecular complexity index is 491. The molecule has 116 valence electrons. The van der Waals surface area contributed by atoms with Crippen molar-refractivity contribution >= 4 is 5.97 Å². The van der Waals surface area contributed by atoms with Crippen LogP contribution in [0.25, 0.3) is 0 Å². The van der Waals surface area contributed by atoms with Gasteiger partial charge in [0.25, 0.3) is 0 Å². The van der Waals surface area contributed by atoms with Crippen molar-refractivity contribution in [2.75, 3.05) is 6.54 Å². The van der Waals surface area contributed by atoms with Crippen LogP contribution in [0.4, 0.5) is 4.39 Å². The van der Waals surface area contributed by atoms with Gasteiger partial charge in [0.1, 0.15) is 5.82 Å². The highest BCUT2D eigenvalue weighted by molar-refractivity contribution is 5.71. The summed E-state index contributed by atoms with van der Waals surface area (Å²) in [5.41, 5.74) is 1.00. The zero-order valence-electron chi connectivity index (χ0n) is 12.8. The van der Waals surface area contributed by atoms with Gasteiger partial charge in [-0.1, -0.05) is 12.1 Å². The molecule has 1 aromatic rings. The number of carbonyl (C=O) groups is 1. The number of aryl methyl sites for hydroxylation is 1. The molecule has 1 aliphatic heterocycles. The highest BCUT2D eigenvalue weighted by atomic mass is 19.1. The number of aliphatic carboxylic acids is 1. The van der Waals surface area contributed by atoms with Gasteiger partial charge in [-0.05, 0) is 63.8 Å². The average Bonchev–Trinajstić information content (AvgIpc) is 2.45. The molecule has 21 heavy (non-hydrogen) atoms. The van der Waals surface area contributed by atoms with Crippen molar-refractivity contribution in [1.29, 1.82) is 0 Å². The minimum atomic E-state index is -0.690. The van der Waals surface area contributed by atoms with Crippen LogP contribution in [0.2, 0.25) is 0 Å². The average molecular weight is 293 g/mol. The number of benzene rings is 1. The number of rotatable bonds is 5. The number of hydrogen-bond acceptors (Lipinski definition) is 2. The molecule has 1 aromatic carbocycles. The SMILES string of the molecule is CC(CCc1cccc(F)c1)N1CCC[C@H](C(=O)O)[C@@H]1C. The molecular weight excluding hydrogens is 269 g/mol. The number of halogens is 1. The molecule has 2 rings (SSSR count). The third-order valence-electron chi connectivity index (χ3n) is 4.66. The monoisotopic (exact) mass is 293 g/mol. The van der Waals surface area contributed by atoms with E-state index in [1.54, 1.807) is 12.1 Å². The summed E-state index contributed by atoms with van der Waals surface area (Å²) < 4.78 is 13.2. The van der Waals surface area contributed by atoms with Crippen LogP contribution in [-0.4, -0.2) is 34.6 Å². The van der Waals surface area contributed by atoms with Crippen LogP contribution in [0.3, 0.4) is 0 Å². The molecule has 1 fully saturated rings. The van der Waals surface area contributed by atoms with Crippen molar-refractivity contribution < 1.29 is 14.3 Å². The lowest BCUT2D eigenvalue weighted by atomic mass is 9.88. The predicted octanol–water partition coefficient (Wildman–Crippen LogP) is 3.33. The molecule has 0 amide bonds.